The van der Waals surface area contributed by atoms with Crippen LogP contribution in [0.5, 0.6) is 5.75 Å². The number of hydrogen-bond acceptors (Lipinski definition) is 2. The lowest BCUT2D eigenvalue weighted by molar-refractivity contribution is -0.274. The van der Waals surface area contributed by atoms with E-state index in [2.05, 4.69) is 25.5 Å². The number of benzene rings is 2. The maximum atomic E-state index is 12.3. The summed E-state index contributed by atoms with van der Waals surface area (Å²) < 4.78 is 40.7. The van der Waals surface area contributed by atoms with E-state index < -0.39 is 12.4 Å². The molecule has 0 saturated carbocycles. The minimum atomic E-state index is -4.69. The number of halogens is 4. The second kappa shape index (κ2) is 7.67. The van der Waals surface area contributed by atoms with Gasteiger partial charge in [-0.15, -0.1) is 25.6 Å². The van der Waals surface area contributed by atoms with E-state index in [-0.39, 0.29) is 18.2 Å². The number of ether oxygens (including phenoxy) is 1. The quantitative estimate of drug-likeness (QED) is 0.760. The summed E-state index contributed by atoms with van der Waals surface area (Å²) in [7, 11) is 0. The van der Waals surface area contributed by atoms with Crippen LogP contribution < -0.4 is 10.5 Å². The zero-order chi connectivity index (χ0) is 18.2. The highest BCUT2D eigenvalue weighted by Crippen LogP contribution is 2.33. The van der Waals surface area contributed by atoms with Crippen molar-refractivity contribution in [3.05, 3.63) is 63.2 Å². The van der Waals surface area contributed by atoms with Crippen LogP contribution in [0.15, 0.2) is 24.3 Å². The van der Waals surface area contributed by atoms with Crippen molar-refractivity contribution in [2.75, 3.05) is 0 Å². The zero-order valence-corrected chi connectivity index (χ0v) is 15.7. The normalized spacial score (nSPS) is 12.5. The minimum absolute atomic E-state index is 0. The van der Waals surface area contributed by atoms with Gasteiger partial charge in [-0.1, -0.05) is 12.1 Å². The maximum Gasteiger partial charge on any atom is 0.573 e. The van der Waals surface area contributed by atoms with Gasteiger partial charge in [0.25, 0.3) is 0 Å². The van der Waals surface area contributed by atoms with Crippen molar-refractivity contribution in [1.29, 1.82) is 0 Å². The topological polar surface area (TPSA) is 35.2 Å². The predicted octanol–water partition coefficient (Wildman–Crippen LogP) is 5.60. The average molecular weight is 374 g/mol. The fourth-order valence-corrected chi connectivity index (χ4v) is 3.04. The Bertz CT molecular complexity index is 726. The monoisotopic (exact) mass is 373 g/mol. The molecule has 2 rings (SSSR count). The van der Waals surface area contributed by atoms with Crippen molar-refractivity contribution in [2.24, 2.45) is 5.73 Å². The molecule has 1 atom stereocenters. The molecule has 2 aromatic carbocycles. The van der Waals surface area contributed by atoms with Gasteiger partial charge in [0.2, 0.25) is 0 Å². The molecule has 2 N–H and O–H groups in total. The van der Waals surface area contributed by atoms with E-state index in [9.17, 15) is 13.2 Å². The lowest BCUT2D eigenvalue weighted by Gasteiger charge is -2.23. The predicted molar refractivity (Wildman–Crippen MR) is 96.5 cm³/mol. The average Bonchev–Trinajstić information content (AvgIpc) is 2.50. The number of rotatable bonds is 3. The third-order valence-corrected chi connectivity index (χ3v) is 4.84. The summed E-state index contributed by atoms with van der Waals surface area (Å²) in [6.07, 6.45) is -4.69. The molecule has 2 aromatic rings. The largest absolute Gasteiger partial charge is 0.573 e. The summed E-state index contributed by atoms with van der Waals surface area (Å²) >= 11 is 0. The molecule has 0 heterocycles. The molecule has 0 amide bonds. The van der Waals surface area contributed by atoms with Crippen LogP contribution >= 0.6 is 12.4 Å². The van der Waals surface area contributed by atoms with Crippen molar-refractivity contribution < 1.29 is 17.9 Å². The first-order valence-electron chi connectivity index (χ1n) is 7.71. The van der Waals surface area contributed by atoms with Crippen LogP contribution in [0.3, 0.4) is 0 Å². The van der Waals surface area contributed by atoms with E-state index >= 15 is 0 Å². The van der Waals surface area contributed by atoms with E-state index in [0.717, 1.165) is 22.3 Å². The molecule has 0 unspecified atom stereocenters. The molecule has 25 heavy (non-hydrogen) atoms. The first-order valence-corrected chi connectivity index (χ1v) is 7.71. The molecule has 0 bridgehead atoms. The van der Waals surface area contributed by atoms with E-state index in [1.54, 1.807) is 12.1 Å². The van der Waals surface area contributed by atoms with Gasteiger partial charge in [-0.25, -0.2) is 0 Å². The van der Waals surface area contributed by atoms with Gasteiger partial charge in [-0.05, 0) is 85.7 Å². The Morgan fingerprint density at radius 3 is 1.60 bits per heavy atom. The summed E-state index contributed by atoms with van der Waals surface area (Å²) in [5, 5.41) is 0. The molecular weight excluding hydrogens is 351 g/mol. The highest BCUT2D eigenvalue weighted by Gasteiger charge is 2.31. The van der Waals surface area contributed by atoms with E-state index in [0.29, 0.717) is 0 Å². The summed E-state index contributed by atoms with van der Waals surface area (Å²) in [5.74, 6) is -0.247. The van der Waals surface area contributed by atoms with Gasteiger partial charge in [0.15, 0.2) is 0 Å². The molecule has 0 aliphatic rings. The van der Waals surface area contributed by atoms with Gasteiger partial charge in [-0.3, -0.25) is 0 Å². The Kier molecular flexibility index (Phi) is 6.54. The van der Waals surface area contributed by atoms with Crippen LogP contribution in [0, 0.1) is 34.6 Å². The van der Waals surface area contributed by atoms with Crippen molar-refractivity contribution in [2.45, 2.75) is 47.0 Å². The number of alkyl halides is 3. The lowest BCUT2D eigenvalue weighted by atomic mass is 9.84. The molecule has 6 heteroatoms. The minimum Gasteiger partial charge on any atom is -0.406 e. The summed E-state index contributed by atoms with van der Waals surface area (Å²) in [6, 6.07) is 5.34. The fourth-order valence-electron chi connectivity index (χ4n) is 3.04. The zero-order valence-electron chi connectivity index (χ0n) is 14.9. The molecule has 0 saturated heterocycles. The fraction of sp³-hybridized carbons (Fsp3) is 0.368. The number of hydrogen-bond donors (Lipinski definition) is 1. The molecule has 0 radical (unpaired) electrons. The molecule has 0 aliphatic carbocycles. The smallest absolute Gasteiger partial charge is 0.406 e. The van der Waals surface area contributed by atoms with Crippen LogP contribution in [0.1, 0.15) is 45.0 Å². The van der Waals surface area contributed by atoms with Gasteiger partial charge < -0.3 is 10.5 Å². The van der Waals surface area contributed by atoms with Gasteiger partial charge in [0, 0.05) is 0 Å². The molecule has 0 spiro atoms. The van der Waals surface area contributed by atoms with Crippen molar-refractivity contribution in [3.8, 4) is 5.75 Å². The third-order valence-electron chi connectivity index (χ3n) is 4.84. The number of nitrogens with two attached hydrogens (primary N) is 1. The van der Waals surface area contributed by atoms with Crippen LogP contribution in [-0.4, -0.2) is 6.36 Å². The van der Waals surface area contributed by atoms with Gasteiger partial charge in [-0.2, -0.15) is 0 Å². The van der Waals surface area contributed by atoms with Crippen molar-refractivity contribution in [3.63, 3.8) is 0 Å². The highest BCUT2D eigenvalue weighted by molar-refractivity contribution is 5.85. The Morgan fingerprint density at radius 1 is 0.800 bits per heavy atom. The lowest BCUT2D eigenvalue weighted by Crippen LogP contribution is -2.18. The summed E-state index contributed by atoms with van der Waals surface area (Å²) in [4.78, 5) is 0. The first-order chi connectivity index (χ1) is 11.0. The molecule has 0 aromatic heterocycles. The van der Waals surface area contributed by atoms with Gasteiger partial charge >= 0.3 is 6.36 Å². The van der Waals surface area contributed by atoms with Crippen LogP contribution in [-0.2, 0) is 0 Å². The summed E-state index contributed by atoms with van der Waals surface area (Å²) in [5.41, 5.74) is 14.1. The van der Waals surface area contributed by atoms with Crippen LogP contribution in [0.4, 0.5) is 13.2 Å². The highest BCUT2D eigenvalue weighted by atomic mass is 35.5. The summed E-state index contributed by atoms with van der Waals surface area (Å²) in [6.45, 7) is 10.3. The molecule has 2 nitrogen and oxygen atoms in total. The second-order valence-electron chi connectivity index (χ2n) is 6.13. The van der Waals surface area contributed by atoms with Crippen molar-refractivity contribution in [1.82, 2.24) is 0 Å². The van der Waals surface area contributed by atoms with E-state index in [1.165, 1.54) is 28.8 Å². The van der Waals surface area contributed by atoms with Crippen LogP contribution in [0.25, 0.3) is 0 Å². The van der Waals surface area contributed by atoms with E-state index in [1.807, 2.05) is 13.8 Å². The van der Waals surface area contributed by atoms with Gasteiger partial charge in [0.1, 0.15) is 5.75 Å². The van der Waals surface area contributed by atoms with Gasteiger partial charge in [0.05, 0.1) is 6.04 Å². The van der Waals surface area contributed by atoms with Crippen LogP contribution in [0.2, 0.25) is 0 Å². The SMILES string of the molecule is Cc1c(C)c(C)c([C@H](N)c2ccc(OC(F)(F)F)cc2)c(C)c1C.Cl. The Hall–Kier alpha value is -1.72. The Labute approximate surface area is 152 Å². The molecule has 0 aliphatic heterocycles. The Balaban J connectivity index is 0.00000312. The van der Waals surface area contributed by atoms with E-state index in [4.69, 9.17) is 5.73 Å². The second-order valence-corrected chi connectivity index (χ2v) is 6.13. The molecule has 138 valence electrons. The third kappa shape index (κ3) is 4.47. The maximum absolute atomic E-state index is 12.3. The molecular formula is C19H23ClF3NO. The molecule has 0 fully saturated rings. The standard InChI is InChI=1S/C19H22F3NO.ClH/c1-10-11(2)13(4)17(14(5)12(10)3)18(23)15-6-8-16(9-7-15)24-19(20,21)22;/h6-9,18H,23H2,1-5H3;1H/t18-;/m1./s1. The first kappa shape index (κ1) is 21.3. The van der Waals surface area contributed by atoms with Crippen molar-refractivity contribution >= 4 is 12.4 Å². The Morgan fingerprint density at radius 2 is 1.20 bits per heavy atom.